The summed E-state index contributed by atoms with van der Waals surface area (Å²) in [6, 6.07) is 14.1. The predicted octanol–water partition coefficient (Wildman–Crippen LogP) is 2.34. The number of hydrazine groups is 1. The van der Waals surface area contributed by atoms with Crippen molar-refractivity contribution in [2.45, 2.75) is 13.3 Å². The summed E-state index contributed by atoms with van der Waals surface area (Å²) in [5.41, 5.74) is 6.51. The number of benzene rings is 2. The highest BCUT2D eigenvalue weighted by molar-refractivity contribution is 9.10. The summed E-state index contributed by atoms with van der Waals surface area (Å²) in [4.78, 5) is 35.7. The van der Waals surface area contributed by atoms with Crippen LogP contribution in [0.4, 0.5) is 0 Å². The Labute approximate surface area is 154 Å². The molecule has 2 aromatic rings. The van der Waals surface area contributed by atoms with Crippen LogP contribution in [0.25, 0.3) is 0 Å². The number of carbonyl (C=O) groups excluding carboxylic acids is 3. The van der Waals surface area contributed by atoms with Gasteiger partial charge in [-0.05, 0) is 46.6 Å². The van der Waals surface area contributed by atoms with E-state index >= 15 is 0 Å². The SMILES string of the molecule is Cc1ccccc1C(=O)NCCC(=O)NNC(=O)c1ccccc1Br. The largest absolute Gasteiger partial charge is 0.352 e. The summed E-state index contributed by atoms with van der Waals surface area (Å²) in [6.45, 7) is 2.02. The van der Waals surface area contributed by atoms with Gasteiger partial charge in [-0.3, -0.25) is 25.2 Å². The van der Waals surface area contributed by atoms with E-state index in [4.69, 9.17) is 0 Å². The highest BCUT2D eigenvalue weighted by atomic mass is 79.9. The van der Waals surface area contributed by atoms with Gasteiger partial charge in [0.1, 0.15) is 0 Å². The van der Waals surface area contributed by atoms with Crippen LogP contribution in [0.2, 0.25) is 0 Å². The molecule has 0 bridgehead atoms. The molecule has 6 nitrogen and oxygen atoms in total. The first kappa shape index (κ1) is 18.7. The van der Waals surface area contributed by atoms with Gasteiger partial charge in [0.05, 0.1) is 5.56 Å². The lowest BCUT2D eigenvalue weighted by Gasteiger charge is -2.09. The molecule has 0 radical (unpaired) electrons. The summed E-state index contributed by atoms with van der Waals surface area (Å²) in [6.07, 6.45) is 0.0495. The standard InChI is InChI=1S/C18H18BrN3O3/c1-12-6-2-3-7-13(12)17(24)20-11-10-16(23)21-22-18(25)14-8-4-5-9-15(14)19/h2-9H,10-11H2,1H3,(H,20,24)(H,21,23)(H,22,25). The van der Waals surface area contributed by atoms with Gasteiger partial charge in [-0.15, -0.1) is 0 Å². The molecule has 25 heavy (non-hydrogen) atoms. The number of hydrogen-bond acceptors (Lipinski definition) is 3. The van der Waals surface area contributed by atoms with E-state index < -0.39 is 11.8 Å². The van der Waals surface area contributed by atoms with Gasteiger partial charge in [0.25, 0.3) is 11.8 Å². The molecule has 2 aromatic carbocycles. The van der Waals surface area contributed by atoms with Crippen molar-refractivity contribution in [2.24, 2.45) is 0 Å². The van der Waals surface area contributed by atoms with Gasteiger partial charge < -0.3 is 5.32 Å². The number of carbonyl (C=O) groups is 3. The minimum atomic E-state index is -0.426. The van der Waals surface area contributed by atoms with E-state index in [-0.39, 0.29) is 18.9 Å². The van der Waals surface area contributed by atoms with Crippen LogP contribution in [0, 0.1) is 6.92 Å². The lowest BCUT2D eigenvalue weighted by molar-refractivity contribution is -0.121. The van der Waals surface area contributed by atoms with Gasteiger partial charge in [0, 0.05) is 23.0 Å². The average Bonchev–Trinajstić information content (AvgIpc) is 2.60. The van der Waals surface area contributed by atoms with Crippen LogP contribution >= 0.6 is 15.9 Å². The van der Waals surface area contributed by atoms with E-state index in [0.29, 0.717) is 15.6 Å². The number of rotatable bonds is 5. The van der Waals surface area contributed by atoms with Gasteiger partial charge in [-0.1, -0.05) is 30.3 Å². The van der Waals surface area contributed by atoms with Crippen LogP contribution in [-0.4, -0.2) is 24.3 Å². The van der Waals surface area contributed by atoms with Crippen LogP contribution in [0.5, 0.6) is 0 Å². The Balaban J connectivity index is 1.74. The maximum atomic E-state index is 12.0. The first-order valence-electron chi connectivity index (χ1n) is 7.66. The van der Waals surface area contributed by atoms with Crippen LogP contribution < -0.4 is 16.2 Å². The highest BCUT2D eigenvalue weighted by Crippen LogP contribution is 2.15. The van der Waals surface area contributed by atoms with Crippen molar-refractivity contribution in [3.63, 3.8) is 0 Å². The second-order valence-electron chi connectivity index (χ2n) is 5.30. The Bertz CT molecular complexity index is 793. The molecule has 0 saturated heterocycles. The third kappa shape index (κ3) is 5.42. The molecule has 0 heterocycles. The fourth-order valence-corrected chi connectivity index (χ4v) is 2.58. The molecule has 130 valence electrons. The van der Waals surface area contributed by atoms with Crippen molar-refractivity contribution in [2.75, 3.05) is 6.54 Å². The predicted molar refractivity (Wildman–Crippen MR) is 97.9 cm³/mol. The number of nitrogens with one attached hydrogen (secondary N) is 3. The maximum Gasteiger partial charge on any atom is 0.270 e. The average molecular weight is 404 g/mol. The second kappa shape index (κ2) is 8.98. The number of hydrogen-bond donors (Lipinski definition) is 3. The van der Waals surface area contributed by atoms with Gasteiger partial charge in [-0.2, -0.15) is 0 Å². The Kier molecular flexibility index (Phi) is 6.71. The van der Waals surface area contributed by atoms with Crippen LogP contribution in [-0.2, 0) is 4.79 Å². The van der Waals surface area contributed by atoms with Crippen molar-refractivity contribution >= 4 is 33.7 Å². The molecular weight excluding hydrogens is 386 g/mol. The normalized spacial score (nSPS) is 10.0. The summed E-state index contributed by atoms with van der Waals surface area (Å²) >= 11 is 3.27. The minimum Gasteiger partial charge on any atom is -0.352 e. The summed E-state index contributed by atoms with van der Waals surface area (Å²) in [7, 11) is 0. The molecular formula is C18H18BrN3O3. The molecule has 2 rings (SSSR count). The molecule has 0 saturated carbocycles. The highest BCUT2D eigenvalue weighted by Gasteiger charge is 2.11. The third-order valence-corrected chi connectivity index (χ3v) is 4.15. The summed E-state index contributed by atoms with van der Waals surface area (Å²) < 4.78 is 0.632. The molecule has 7 heteroatoms. The van der Waals surface area contributed by atoms with Crippen molar-refractivity contribution in [3.05, 3.63) is 69.7 Å². The fourth-order valence-electron chi connectivity index (χ4n) is 2.11. The topological polar surface area (TPSA) is 87.3 Å². The van der Waals surface area contributed by atoms with E-state index in [9.17, 15) is 14.4 Å². The molecule has 0 atom stereocenters. The molecule has 0 unspecified atom stereocenters. The molecule has 0 aliphatic carbocycles. The quantitative estimate of drug-likeness (QED) is 0.669. The number of aryl methyl sites for hydroxylation is 1. The van der Waals surface area contributed by atoms with Gasteiger partial charge in [-0.25, -0.2) is 0 Å². The summed E-state index contributed by atoms with van der Waals surface area (Å²) in [5, 5.41) is 2.68. The van der Waals surface area contributed by atoms with Crippen molar-refractivity contribution in [1.29, 1.82) is 0 Å². The lowest BCUT2D eigenvalue weighted by atomic mass is 10.1. The van der Waals surface area contributed by atoms with E-state index in [0.717, 1.165) is 5.56 Å². The first-order valence-corrected chi connectivity index (χ1v) is 8.46. The molecule has 3 amide bonds. The molecule has 3 N–H and O–H groups in total. The summed E-state index contributed by atoms with van der Waals surface area (Å²) in [5.74, 6) is -1.06. The van der Waals surface area contributed by atoms with Crippen molar-refractivity contribution in [1.82, 2.24) is 16.2 Å². The van der Waals surface area contributed by atoms with Crippen LogP contribution in [0.3, 0.4) is 0 Å². The molecule has 0 fully saturated rings. The molecule has 0 spiro atoms. The number of halogens is 1. The van der Waals surface area contributed by atoms with Gasteiger partial charge in [0.2, 0.25) is 5.91 Å². The van der Waals surface area contributed by atoms with Crippen molar-refractivity contribution < 1.29 is 14.4 Å². The minimum absolute atomic E-state index is 0.0495. The molecule has 0 aromatic heterocycles. The Morgan fingerprint density at radius 2 is 1.52 bits per heavy atom. The van der Waals surface area contributed by atoms with E-state index in [1.807, 2.05) is 19.1 Å². The Hall–Kier alpha value is -2.67. The Morgan fingerprint density at radius 3 is 2.20 bits per heavy atom. The lowest BCUT2D eigenvalue weighted by Crippen LogP contribution is -2.43. The fraction of sp³-hybridized carbons (Fsp3) is 0.167. The van der Waals surface area contributed by atoms with Gasteiger partial charge in [0.15, 0.2) is 0 Å². The Morgan fingerprint density at radius 1 is 0.880 bits per heavy atom. The van der Waals surface area contributed by atoms with Crippen LogP contribution in [0.15, 0.2) is 53.0 Å². The van der Waals surface area contributed by atoms with E-state index in [1.165, 1.54) is 0 Å². The van der Waals surface area contributed by atoms with Crippen molar-refractivity contribution in [3.8, 4) is 0 Å². The van der Waals surface area contributed by atoms with Gasteiger partial charge >= 0.3 is 0 Å². The second-order valence-corrected chi connectivity index (χ2v) is 6.16. The first-order chi connectivity index (χ1) is 12.0. The third-order valence-electron chi connectivity index (χ3n) is 3.46. The van der Waals surface area contributed by atoms with E-state index in [1.54, 1.807) is 36.4 Å². The zero-order chi connectivity index (χ0) is 18.2. The molecule has 0 aliphatic heterocycles. The molecule has 0 aliphatic rings. The maximum absolute atomic E-state index is 12.0. The zero-order valence-corrected chi connectivity index (χ0v) is 15.2. The van der Waals surface area contributed by atoms with Crippen LogP contribution in [0.1, 0.15) is 32.7 Å². The smallest absolute Gasteiger partial charge is 0.270 e. The number of amides is 3. The monoisotopic (exact) mass is 403 g/mol. The zero-order valence-electron chi connectivity index (χ0n) is 13.6. The van der Waals surface area contributed by atoms with E-state index in [2.05, 4.69) is 32.1 Å².